The Morgan fingerprint density at radius 1 is 0.885 bits per heavy atom. The highest BCUT2D eigenvalue weighted by atomic mass is 16.2. The van der Waals surface area contributed by atoms with Crippen molar-refractivity contribution in [2.24, 2.45) is 5.92 Å². The maximum absolute atomic E-state index is 12.5. The molecule has 0 heterocycles. The van der Waals surface area contributed by atoms with Gasteiger partial charge in [0.25, 0.3) is 0 Å². The van der Waals surface area contributed by atoms with Crippen molar-refractivity contribution < 1.29 is 14.4 Å². The van der Waals surface area contributed by atoms with E-state index in [-0.39, 0.29) is 18.1 Å². The molecule has 2 amide bonds. The largest absolute Gasteiger partial charge is 0.326 e. The minimum Gasteiger partial charge on any atom is -0.326 e. The second-order valence-electron chi connectivity index (χ2n) is 6.59. The summed E-state index contributed by atoms with van der Waals surface area (Å²) in [5.74, 6) is -2.21. The van der Waals surface area contributed by atoms with Crippen LogP contribution in [0.3, 0.4) is 0 Å². The molecule has 136 valence electrons. The summed E-state index contributed by atoms with van der Waals surface area (Å²) in [5, 5.41) is 5.48. The predicted octanol–water partition coefficient (Wildman–Crippen LogP) is 3.78. The zero-order chi connectivity index (χ0) is 19.3. The average Bonchev–Trinajstić information content (AvgIpc) is 2.57. The fourth-order valence-electron chi connectivity index (χ4n) is 2.63. The monoisotopic (exact) mass is 352 g/mol. The summed E-state index contributed by atoms with van der Waals surface area (Å²) in [4.78, 5) is 36.7. The van der Waals surface area contributed by atoms with Crippen LogP contribution in [0.2, 0.25) is 0 Å². The van der Waals surface area contributed by atoms with Gasteiger partial charge in [-0.2, -0.15) is 0 Å². The number of rotatable bonds is 6. The first-order valence-electron chi connectivity index (χ1n) is 8.51. The molecule has 0 spiro atoms. The molecule has 2 rings (SSSR count). The summed E-state index contributed by atoms with van der Waals surface area (Å²) in [6, 6.07) is 13.0. The number of ketones is 1. The molecule has 1 atom stereocenters. The van der Waals surface area contributed by atoms with Crippen LogP contribution in [0.25, 0.3) is 0 Å². The Morgan fingerprint density at radius 3 is 2.08 bits per heavy atom. The van der Waals surface area contributed by atoms with Gasteiger partial charge in [-0.05, 0) is 51.5 Å². The quantitative estimate of drug-likeness (QED) is 0.777. The van der Waals surface area contributed by atoms with Gasteiger partial charge in [0.15, 0.2) is 0 Å². The lowest BCUT2D eigenvalue weighted by atomic mass is 9.99. The first kappa shape index (κ1) is 19.4. The predicted molar refractivity (Wildman–Crippen MR) is 103 cm³/mol. The molecule has 0 aliphatic carbocycles. The molecule has 5 nitrogen and oxygen atoms in total. The highest BCUT2D eigenvalue weighted by molar-refractivity contribution is 6.10. The molecular formula is C21H24N2O3. The van der Waals surface area contributed by atoms with Crippen LogP contribution in [-0.4, -0.2) is 17.6 Å². The van der Waals surface area contributed by atoms with E-state index >= 15 is 0 Å². The van der Waals surface area contributed by atoms with Gasteiger partial charge in [0.2, 0.25) is 11.8 Å². The van der Waals surface area contributed by atoms with Crippen LogP contribution < -0.4 is 10.6 Å². The fourth-order valence-corrected chi connectivity index (χ4v) is 2.63. The Labute approximate surface area is 153 Å². The summed E-state index contributed by atoms with van der Waals surface area (Å²) in [6.07, 6.45) is -0.194. The number of hydrogen-bond acceptors (Lipinski definition) is 3. The van der Waals surface area contributed by atoms with E-state index in [1.807, 2.05) is 45.0 Å². The number of carbonyl (C=O) groups excluding carboxylic acids is 3. The van der Waals surface area contributed by atoms with Crippen LogP contribution in [0.15, 0.2) is 42.5 Å². The minimum atomic E-state index is -1.03. The summed E-state index contributed by atoms with van der Waals surface area (Å²) >= 11 is 0. The van der Waals surface area contributed by atoms with Gasteiger partial charge in [-0.3, -0.25) is 14.4 Å². The van der Waals surface area contributed by atoms with Crippen molar-refractivity contribution in [3.63, 3.8) is 0 Å². The first-order valence-corrected chi connectivity index (χ1v) is 8.51. The van der Waals surface area contributed by atoms with E-state index in [9.17, 15) is 14.4 Å². The van der Waals surface area contributed by atoms with E-state index in [0.717, 1.165) is 16.7 Å². The SMILES string of the molecule is CC(=O)C(CC(=O)Nc1ccc(C)cc1)C(=O)Nc1ccc(C)cc1C. The van der Waals surface area contributed by atoms with Crippen molar-refractivity contribution in [2.45, 2.75) is 34.1 Å². The molecule has 0 saturated heterocycles. The fraction of sp³-hybridized carbons (Fsp3) is 0.286. The zero-order valence-corrected chi connectivity index (χ0v) is 15.6. The number of benzene rings is 2. The molecule has 0 aromatic heterocycles. The molecule has 0 aliphatic heterocycles. The minimum absolute atomic E-state index is 0.194. The third kappa shape index (κ3) is 5.28. The lowest BCUT2D eigenvalue weighted by Gasteiger charge is -2.15. The van der Waals surface area contributed by atoms with Crippen LogP contribution in [0, 0.1) is 26.7 Å². The lowest BCUT2D eigenvalue weighted by Crippen LogP contribution is -2.32. The molecule has 0 aliphatic rings. The zero-order valence-electron chi connectivity index (χ0n) is 15.6. The number of Topliss-reactive ketones (excluding diaryl/α,β-unsaturated/α-hetero) is 1. The van der Waals surface area contributed by atoms with E-state index in [0.29, 0.717) is 11.4 Å². The second kappa shape index (κ2) is 8.43. The van der Waals surface area contributed by atoms with Gasteiger partial charge in [-0.1, -0.05) is 35.4 Å². The number of hydrogen-bond donors (Lipinski definition) is 2. The molecule has 2 N–H and O–H groups in total. The summed E-state index contributed by atoms with van der Waals surface area (Å²) < 4.78 is 0. The first-order chi connectivity index (χ1) is 12.3. The summed E-state index contributed by atoms with van der Waals surface area (Å²) in [5.41, 5.74) is 4.35. The van der Waals surface area contributed by atoms with Crippen molar-refractivity contribution in [1.82, 2.24) is 0 Å². The number of aryl methyl sites for hydroxylation is 3. The molecule has 0 saturated carbocycles. The van der Waals surface area contributed by atoms with Gasteiger partial charge in [-0.15, -0.1) is 0 Å². The third-order valence-corrected chi connectivity index (χ3v) is 4.17. The maximum atomic E-state index is 12.5. The average molecular weight is 352 g/mol. The molecule has 26 heavy (non-hydrogen) atoms. The highest BCUT2D eigenvalue weighted by Gasteiger charge is 2.26. The van der Waals surface area contributed by atoms with E-state index in [1.54, 1.807) is 18.2 Å². The van der Waals surface area contributed by atoms with Crippen molar-refractivity contribution in [3.05, 3.63) is 59.2 Å². The van der Waals surface area contributed by atoms with Crippen molar-refractivity contribution in [3.8, 4) is 0 Å². The third-order valence-electron chi connectivity index (χ3n) is 4.17. The molecular weight excluding hydrogens is 328 g/mol. The Balaban J connectivity index is 2.05. The molecule has 5 heteroatoms. The van der Waals surface area contributed by atoms with Gasteiger partial charge in [0.05, 0.1) is 0 Å². The van der Waals surface area contributed by atoms with Crippen LogP contribution >= 0.6 is 0 Å². The maximum Gasteiger partial charge on any atom is 0.235 e. The van der Waals surface area contributed by atoms with Gasteiger partial charge < -0.3 is 10.6 Å². The number of amides is 2. The van der Waals surface area contributed by atoms with Gasteiger partial charge >= 0.3 is 0 Å². The molecule has 2 aromatic carbocycles. The van der Waals surface area contributed by atoms with E-state index in [4.69, 9.17) is 0 Å². The van der Waals surface area contributed by atoms with E-state index in [1.165, 1.54) is 6.92 Å². The molecule has 0 radical (unpaired) electrons. The Kier molecular flexibility index (Phi) is 6.28. The van der Waals surface area contributed by atoms with Crippen molar-refractivity contribution in [2.75, 3.05) is 10.6 Å². The number of carbonyl (C=O) groups is 3. The Hall–Kier alpha value is -2.95. The van der Waals surface area contributed by atoms with Gasteiger partial charge in [0.1, 0.15) is 11.7 Å². The number of anilines is 2. The van der Waals surface area contributed by atoms with Crippen LogP contribution in [0.4, 0.5) is 11.4 Å². The lowest BCUT2D eigenvalue weighted by molar-refractivity contribution is -0.133. The van der Waals surface area contributed by atoms with Crippen molar-refractivity contribution in [1.29, 1.82) is 0 Å². The smallest absolute Gasteiger partial charge is 0.235 e. The number of nitrogens with one attached hydrogen (secondary N) is 2. The van der Waals surface area contributed by atoms with Crippen LogP contribution in [-0.2, 0) is 14.4 Å². The molecule has 1 unspecified atom stereocenters. The molecule has 2 aromatic rings. The second-order valence-corrected chi connectivity index (χ2v) is 6.59. The molecule has 0 bridgehead atoms. The van der Waals surface area contributed by atoms with Crippen LogP contribution in [0.5, 0.6) is 0 Å². The highest BCUT2D eigenvalue weighted by Crippen LogP contribution is 2.19. The van der Waals surface area contributed by atoms with Gasteiger partial charge in [-0.25, -0.2) is 0 Å². The van der Waals surface area contributed by atoms with Crippen molar-refractivity contribution >= 4 is 29.0 Å². The topological polar surface area (TPSA) is 75.3 Å². The van der Waals surface area contributed by atoms with Gasteiger partial charge in [0, 0.05) is 17.8 Å². The Morgan fingerprint density at radius 2 is 1.50 bits per heavy atom. The Bertz CT molecular complexity index is 826. The van der Waals surface area contributed by atoms with Crippen LogP contribution in [0.1, 0.15) is 30.0 Å². The summed E-state index contributed by atoms with van der Waals surface area (Å²) in [7, 11) is 0. The standard InChI is InChI=1S/C21H24N2O3/c1-13-5-8-17(9-6-13)22-20(25)12-18(16(4)24)21(26)23-19-10-7-14(2)11-15(19)3/h5-11,18H,12H2,1-4H3,(H,22,25)(H,23,26). The van der Waals surface area contributed by atoms with E-state index < -0.39 is 11.8 Å². The summed E-state index contributed by atoms with van der Waals surface area (Å²) in [6.45, 7) is 7.13. The van der Waals surface area contributed by atoms with E-state index in [2.05, 4.69) is 10.6 Å². The molecule has 0 fully saturated rings. The normalized spacial score (nSPS) is 11.5.